The Hall–Kier alpha value is -0.960. The minimum Gasteiger partial charge on any atom is -0.339 e. The zero-order valence-corrected chi connectivity index (χ0v) is 13.5. The van der Waals surface area contributed by atoms with Gasteiger partial charge in [0.1, 0.15) is 6.04 Å². The molecule has 1 aliphatic heterocycles. The third-order valence-corrected chi connectivity index (χ3v) is 4.41. The van der Waals surface area contributed by atoms with Crippen LogP contribution >= 0.6 is 11.8 Å². The number of alkyl halides is 3. The molecule has 9 heteroatoms. The summed E-state index contributed by atoms with van der Waals surface area (Å²) >= 11 is -0.189. The van der Waals surface area contributed by atoms with Crippen molar-refractivity contribution in [3.05, 3.63) is 0 Å². The van der Waals surface area contributed by atoms with Crippen LogP contribution in [0.5, 0.6) is 0 Å². The zero-order chi connectivity index (χ0) is 16.9. The van der Waals surface area contributed by atoms with E-state index in [-0.39, 0.29) is 29.8 Å². The first kappa shape index (κ1) is 19.1. The molecule has 5 nitrogen and oxygen atoms in total. The summed E-state index contributed by atoms with van der Waals surface area (Å²) in [7, 11) is 0. The molecular weight excluding hydrogens is 319 g/mol. The molecule has 1 fully saturated rings. The van der Waals surface area contributed by atoms with Crippen LogP contribution in [0.3, 0.4) is 0 Å². The van der Waals surface area contributed by atoms with Gasteiger partial charge in [-0.1, -0.05) is 18.7 Å². The number of halogens is 3. The third kappa shape index (κ3) is 5.05. The molecule has 1 unspecified atom stereocenters. The smallest absolute Gasteiger partial charge is 0.339 e. The van der Waals surface area contributed by atoms with Crippen molar-refractivity contribution in [2.45, 2.75) is 44.3 Å². The minimum absolute atomic E-state index is 0.0678. The number of nitrogens with two attached hydrogens (primary N) is 1. The Bertz CT molecular complexity index is 406. The Morgan fingerprint density at radius 1 is 1.41 bits per heavy atom. The van der Waals surface area contributed by atoms with Crippen molar-refractivity contribution >= 4 is 23.6 Å². The standard InChI is InChI=1S/C13H22F3N3O2S/c1-3-10-12(21)18(4-2)6-7-19(10)11(20)9(17)5-8-22-13(14,15)16/h9-10H,3-8,17H2,1-2H3/t9-,10?/m0/s1. The molecule has 128 valence electrons. The number of amides is 2. The van der Waals surface area contributed by atoms with Gasteiger partial charge in [-0.15, -0.1) is 0 Å². The largest absolute Gasteiger partial charge is 0.441 e. The second-order valence-electron chi connectivity index (χ2n) is 5.06. The minimum atomic E-state index is -4.32. The normalized spacial score (nSPS) is 21.2. The van der Waals surface area contributed by atoms with Crippen LogP contribution in [0, 0.1) is 0 Å². The van der Waals surface area contributed by atoms with E-state index in [9.17, 15) is 22.8 Å². The molecule has 0 aromatic rings. The van der Waals surface area contributed by atoms with Crippen LogP contribution in [0.25, 0.3) is 0 Å². The number of nitrogens with zero attached hydrogens (tertiary/aromatic N) is 2. The summed E-state index contributed by atoms with van der Waals surface area (Å²) in [6.45, 7) is 5.04. The molecule has 1 aliphatic rings. The van der Waals surface area contributed by atoms with E-state index in [0.717, 1.165) is 0 Å². The van der Waals surface area contributed by atoms with E-state index >= 15 is 0 Å². The Kier molecular flexibility index (Phi) is 6.98. The van der Waals surface area contributed by atoms with Gasteiger partial charge in [0.15, 0.2) is 0 Å². The van der Waals surface area contributed by atoms with Gasteiger partial charge in [-0.05, 0) is 19.8 Å². The number of hydrogen-bond donors (Lipinski definition) is 1. The molecule has 1 saturated heterocycles. The number of piperazine rings is 1. The van der Waals surface area contributed by atoms with Crippen molar-refractivity contribution in [1.29, 1.82) is 0 Å². The van der Waals surface area contributed by atoms with Gasteiger partial charge in [0.05, 0.1) is 6.04 Å². The number of carbonyl (C=O) groups is 2. The quantitative estimate of drug-likeness (QED) is 0.794. The first-order chi connectivity index (χ1) is 10.2. The van der Waals surface area contributed by atoms with Gasteiger partial charge in [0, 0.05) is 25.4 Å². The predicted molar refractivity (Wildman–Crippen MR) is 79.2 cm³/mol. The number of carbonyl (C=O) groups excluding carboxylic acids is 2. The van der Waals surface area contributed by atoms with Crippen molar-refractivity contribution in [2.75, 3.05) is 25.4 Å². The summed E-state index contributed by atoms with van der Waals surface area (Å²) in [5.74, 6) is -0.837. The van der Waals surface area contributed by atoms with Crippen LogP contribution in [0.15, 0.2) is 0 Å². The van der Waals surface area contributed by atoms with Gasteiger partial charge in [0.25, 0.3) is 0 Å². The molecule has 0 aromatic heterocycles. The molecule has 0 spiro atoms. The van der Waals surface area contributed by atoms with Gasteiger partial charge in [-0.2, -0.15) is 13.2 Å². The van der Waals surface area contributed by atoms with Crippen molar-refractivity contribution in [1.82, 2.24) is 9.80 Å². The fraction of sp³-hybridized carbons (Fsp3) is 0.846. The predicted octanol–water partition coefficient (Wildman–Crippen LogP) is 1.43. The summed E-state index contributed by atoms with van der Waals surface area (Å²) in [6, 6.07) is -1.58. The number of likely N-dealkylation sites (N-methyl/N-ethyl adjacent to an activating group) is 1. The van der Waals surface area contributed by atoms with Crippen molar-refractivity contribution in [3.63, 3.8) is 0 Å². The Balaban J connectivity index is 2.61. The Morgan fingerprint density at radius 3 is 2.55 bits per heavy atom. The lowest BCUT2D eigenvalue weighted by molar-refractivity contribution is -0.152. The van der Waals surface area contributed by atoms with Gasteiger partial charge in [0.2, 0.25) is 11.8 Å². The van der Waals surface area contributed by atoms with Gasteiger partial charge in [-0.3, -0.25) is 9.59 Å². The summed E-state index contributed by atoms with van der Waals surface area (Å²) in [5, 5.41) is 0. The lowest BCUT2D eigenvalue weighted by atomic mass is 10.1. The second-order valence-corrected chi connectivity index (χ2v) is 6.22. The fourth-order valence-corrected chi connectivity index (χ4v) is 3.05. The third-order valence-electron chi connectivity index (χ3n) is 3.65. The first-order valence-electron chi connectivity index (χ1n) is 7.26. The van der Waals surface area contributed by atoms with E-state index < -0.39 is 23.5 Å². The maximum Gasteiger partial charge on any atom is 0.441 e. The number of hydrogen-bond acceptors (Lipinski definition) is 4. The monoisotopic (exact) mass is 341 g/mol. The van der Waals surface area contributed by atoms with Crippen molar-refractivity contribution in [2.24, 2.45) is 5.73 Å². The highest BCUT2D eigenvalue weighted by molar-refractivity contribution is 8.00. The number of thioether (sulfide) groups is 1. The Morgan fingerprint density at radius 2 is 2.05 bits per heavy atom. The maximum atomic E-state index is 12.3. The van der Waals surface area contributed by atoms with E-state index in [1.807, 2.05) is 6.92 Å². The van der Waals surface area contributed by atoms with Crippen LogP contribution in [0.2, 0.25) is 0 Å². The molecule has 1 heterocycles. The molecule has 22 heavy (non-hydrogen) atoms. The highest BCUT2D eigenvalue weighted by atomic mass is 32.2. The van der Waals surface area contributed by atoms with Crippen LogP contribution < -0.4 is 5.73 Å². The molecule has 0 aliphatic carbocycles. The molecule has 0 saturated carbocycles. The van der Waals surface area contributed by atoms with E-state index in [1.165, 1.54) is 4.90 Å². The molecule has 2 N–H and O–H groups in total. The van der Waals surface area contributed by atoms with Crippen molar-refractivity contribution in [3.8, 4) is 0 Å². The highest BCUT2D eigenvalue weighted by Gasteiger charge is 2.37. The lowest BCUT2D eigenvalue weighted by Gasteiger charge is -2.41. The van der Waals surface area contributed by atoms with Crippen LogP contribution in [-0.4, -0.2) is 64.6 Å². The molecule has 2 atom stereocenters. The second kappa shape index (κ2) is 8.05. The Labute approximate surface area is 132 Å². The maximum absolute atomic E-state index is 12.3. The van der Waals surface area contributed by atoms with E-state index in [2.05, 4.69) is 0 Å². The van der Waals surface area contributed by atoms with Gasteiger partial charge < -0.3 is 15.5 Å². The fourth-order valence-electron chi connectivity index (χ4n) is 2.45. The topological polar surface area (TPSA) is 66.6 Å². The summed E-state index contributed by atoms with van der Waals surface area (Å²) in [5.41, 5.74) is 1.39. The van der Waals surface area contributed by atoms with Crippen LogP contribution in [-0.2, 0) is 9.59 Å². The summed E-state index contributed by atoms with van der Waals surface area (Å²) in [6.07, 6.45) is 0.396. The van der Waals surface area contributed by atoms with Crippen LogP contribution in [0.4, 0.5) is 13.2 Å². The van der Waals surface area contributed by atoms with E-state index in [0.29, 0.717) is 26.1 Å². The van der Waals surface area contributed by atoms with Gasteiger partial charge >= 0.3 is 5.51 Å². The average molecular weight is 341 g/mol. The number of rotatable bonds is 6. The van der Waals surface area contributed by atoms with Crippen molar-refractivity contribution < 1.29 is 22.8 Å². The SMILES string of the molecule is CCC1C(=O)N(CC)CCN1C(=O)[C@@H](N)CCSC(F)(F)F. The summed E-state index contributed by atoms with van der Waals surface area (Å²) in [4.78, 5) is 27.6. The molecule has 2 amide bonds. The average Bonchev–Trinajstić information content (AvgIpc) is 2.44. The van der Waals surface area contributed by atoms with Crippen LogP contribution in [0.1, 0.15) is 26.7 Å². The molecular formula is C13H22F3N3O2S. The zero-order valence-electron chi connectivity index (χ0n) is 12.7. The highest BCUT2D eigenvalue weighted by Crippen LogP contribution is 2.30. The lowest BCUT2D eigenvalue weighted by Crippen LogP contribution is -2.61. The first-order valence-corrected chi connectivity index (χ1v) is 8.25. The molecule has 0 bridgehead atoms. The summed E-state index contributed by atoms with van der Waals surface area (Å²) < 4.78 is 36.3. The molecule has 1 rings (SSSR count). The van der Waals surface area contributed by atoms with Gasteiger partial charge in [-0.25, -0.2) is 0 Å². The van der Waals surface area contributed by atoms with E-state index in [1.54, 1.807) is 11.8 Å². The molecule has 0 aromatic carbocycles. The van der Waals surface area contributed by atoms with E-state index in [4.69, 9.17) is 5.73 Å². The molecule has 0 radical (unpaired) electrons.